The van der Waals surface area contributed by atoms with Gasteiger partial charge in [0.25, 0.3) is 5.60 Å². The smallest absolute Gasteiger partial charge is 0.387 e. The Balaban J connectivity index is 0.000000193. The lowest BCUT2D eigenvalue weighted by molar-refractivity contribution is -0.617. The van der Waals surface area contributed by atoms with Crippen LogP contribution in [-0.4, -0.2) is 37.3 Å². The van der Waals surface area contributed by atoms with E-state index in [1.54, 1.807) is 0 Å². The summed E-state index contributed by atoms with van der Waals surface area (Å²) in [6.07, 6.45) is 0.250. The zero-order chi connectivity index (χ0) is 58.0. The van der Waals surface area contributed by atoms with Crippen LogP contribution in [0.15, 0.2) is 189 Å². The Bertz CT molecular complexity index is 3440. The van der Waals surface area contributed by atoms with Crippen LogP contribution in [-0.2, 0) is 36.8 Å². The third-order valence-corrected chi connectivity index (χ3v) is 13.3. The second-order valence-electron chi connectivity index (χ2n) is 17.7. The third-order valence-electron chi connectivity index (χ3n) is 13.3. The van der Waals surface area contributed by atoms with Crippen LogP contribution in [0.2, 0.25) is 0 Å². The second-order valence-corrected chi connectivity index (χ2v) is 17.7. The molecule has 1 N–H and O–H groups in total. The summed E-state index contributed by atoms with van der Waals surface area (Å²) < 4.78 is 25.2. The Labute approximate surface area is 450 Å². The summed E-state index contributed by atoms with van der Waals surface area (Å²) in [5, 5.41) is 11.0. The summed E-state index contributed by atoms with van der Waals surface area (Å²) >= 11 is 0. The molecule has 0 radical (unpaired) electrons. The number of carbonyl (C=O) groups is 2. The number of aromatic nitrogens is 1. The minimum atomic E-state index is -1.10. The van der Waals surface area contributed by atoms with E-state index in [1.807, 2.05) is 175 Å². The molecule has 3 aliphatic rings. The molecule has 11 heteroatoms. The van der Waals surface area contributed by atoms with Gasteiger partial charge in [0.2, 0.25) is 11.0 Å². The van der Waals surface area contributed by atoms with Crippen molar-refractivity contribution in [3.05, 3.63) is 239 Å². The van der Waals surface area contributed by atoms with Gasteiger partial charge in [-0.15, -0.1) is 0 Å². The number of phenols is 1. The third kappa shape index (κ3) is 10.7. The lowest BCUT2D eigenvalue weighted by Crippen LogP contribution is -2.53. The maximum Gasteiger partial charge on any atom is 0.387 e. The topological polar surface area (TPSA) is 127 Å². The molecular formula is C65H66N3O8+. The summed E-state index contributed by atoms with van der Waals surface area (Å²) in [5.74, 6) is 0.368. The van der Waals surface area contributed by atoms with Crippen molar-refractivity contribution in [2.24, 2.45) is 7.05 Å². The summed E-state index contributed by atoms with van der Waals surface area (Å²) in [5.41, 5.74) is 14.9. The number of benzene rings is 8. The number of hydrogen-bond acceptors (Lipinski definition) is 10. The van der Waals surface area contributed by atoms with Crippen LogP contribution in [0.1, 0.15) is 81.2 Å². The van der Waals surface area contributed by atoms with E-state index in [0.29, 0.717) is 17.1 Å². The van der Waals surface area contributed by atoms with Crippen molar-refractivity contribution in [3.63, 3.8) is 0 Å². The highest BCUT2D eigenvalue weighted by Crippen LogP contribution is 2.53. The van der Waals surface area contributed by atoms with Crippen LogP contribution < -0.4 is 19.1 Å². The molecule has 1 spiro atoms. The fourth-order valence-electron chi connectivity index (χ4n) is 9.55. The Hall–Kier alpha value is -9.15. The maximum atomic E-state index is 13.2. The number of nitrogens with zero attached hydrogens (tertiary/aromatic N) is 3. The van der Waals surface area contributed by atoms with Crippen molar-refractivity contribution in [1.29, 1.82) is 0 Å². The molecule has 0 saturated carbocycles. The number of pyridine rings is 1. The predicted octanol–water partition coefficient (Wildman–Crippen LogP) is 14.3. The van der Waals surface area contributed by atoms with E-state index in [2.05, 4.69) is 81.4 Å². The Morgan fingerprint density at radius 2 is 0.961 bits per heavy atom. The maximum absolute atomic E-state index is 13.2. The van der Waals surface area contributed by atoms with Gasteiger partial charge in [-0.05, 0) is 91.9 Å². The predicted molar refractivity (Wildman–Crippen MR) is 304 cm³/mol. The number of hydrogen-bond donors (Lipinski definition) is 1. The van der Waals surface area contributed by atoms with Crippen LogP contribution in [0.25, 0.3) is 27.4 Å². The molecule has 76 heavy (non-hydrogen) atoms. The van der Waals surface area contributed by atoms with E-state index >= 15 is 0 Å². The Morgan fingerprint density at radius 1 is 0.592 bits per heavy atom. The van der Waals surface area contributed by atoms with Crippen LogP contribution in [0.4, 0.5) is 22.7 Å². The van der Waals surface area contributed by atoms with Crippen molar-refractivity contribution in [2.75, 3.05) is 23.9 Å². The van der Waals surface area contributed by atoms with E-state index in [1.165, 1.54) is 44.7 Å². The standard InChI is InChI=1S/C23H20NO2.C15H11NO3.C15H13N.C8H10O.CO2.3CH4/c1-15-9-8-10-16(2)22(15)26-23(25)21-17-11-4-6-13-19(17)24(3)20-14-7-5-12-18(20)21;1-16-12-8-4-2-6-10(12)15(14(17)18-19-15)11-7-3-5-9-13(11)16;1-11-12-7-3-5-9-14(12)16(2)15-10-6-4-8-13(11)15;1-6-4-3-5-7(2)8(6)9;2-1-3;;;/h4-14H,1-3H3;2-9H,1H3;3-10H,1H2,2H3;3-5,9H,1-2H3;;3*1H4/q+1;;;;;;;/i;;;;;3*1T. The number of aromatic hydroxyl groups is 1. The van der Waals surface area contributed by atoms with Gasteiger partial charge in [0.05, 0.1) is 16.3 Å². The molecule has 12 rings (SSSR count). The first-order valence-electron chi connectivity index (χ1n) is 26.5. The van der Waals surface area contributed by atoms with Crippen LogP contribution >= 0.6 is 0 Å². The van der Waals surface area contributed by atoms with Crippen LogP contribution in [0.5, 0.6) is 11.5 Å². The van der Waals surface area contributed by atoms with E-state index in [-0.39, 0.29) is 18.1 Å². The van der Waals surface area contributed by atoms with Gasteiger partial charge in [0.1, 0.15) is 18.5 Å². The molecule has 0 amide bonds. The van der Waals surface area contributed by atoms with Crippen molar-refractivity contribution >= 4 is 68.2 Å². The number of esters is 1. The minimum absolute atomic E-state index is 0.250. The number of fused-ring (bicyclic) bond motifs is 8. The van der Waals surface area contributed by atoms with Crippen LogP contribution in [0, 0.1) is 27.7 Å². The molecule has 0 unspecified atom stereocenters. The first-order valence-corrected chi connectivity index (χ1v) is 23.5. The molecule has 8 aromatic carbocycles. The van der Waals surface area contributed by atoms with Gasteiger partial charge >= 0.3 is 18.1 Å². The molecule has 0 bridgehead atoms. The fraction of sp³-hybridized carbons (Fsp3) is 0.169. The average Bonchev–Trinajstić information content (AvgIpc) is 3.68. The highest BCUT2D eigenvalue weighted by Gasteiger charge is 2.60. The average molecular weight is 1020 g/mol. The van der Waals surface area contributed by atoms with Gasteiger partial charge < -0.3 is 19.6 Å². The number of aryl methyl sites for hydroxylation is 5. The highest BCUT2D eigenvalue weighted by atomic mass is 17.3. The molecule has 11 nitrogen and oxygen atoms in total. The molecule has 4 heterocycles. The SMILES string of the molecule is C=C1c2ccccc2N(C)c2ccccc21.CN1c2ccccc2C2(OOC2=O)c2ccccc21.Cc1cccc(C)c1O.Cc1cccc(C)c1OC(=O)c1c2ccccc2[n+](C)c2ccccc12.O=C=O.[3H]C.[3H]C.[3H]C. The first-order chi connectivity index (χ1) is 38.2. The molecular weight excluding hydrogens is 951 g/mol. The van der Waals surface area contributed by atoms with Crippen molar-refractivity contribution in [1.82, 2.24) is 0 Å². The van der Waals surface area contributed by atoms with Crippen molar-refractivity contribution in [2.45, 2.75) is 55.5 Å². The molecule has 0 atom stereocenters. The second kappa shape index (κ2) is 24.7. The monoisotopic (exact) mass is 1020 g/mol. The quantitative estimate of drug-likeness (QED) is 0.0588. The number of rotatable bonds is 2. The molecule has 388 valence electrons. The minimum Gasteiger partial charge on any atom is -0.507 e. The summed E-state index contributed by atoms with van der Waals surface area (Å²) in [4.78, 5) is 55.7. The lowest BCUT2D eigenvalue weighted by atomic mass is 9.80. The van der Waals surface area contributed by atoms with E-state index in [9.17, 15) is 14.7 Å². The lowest BCUT2D eigenvalue weighted by Gasteiger charge is -2.44. The Morgan fingerprint density at radius 3 is 1.37 bits per heavy atom. The van der Waals surface area contributed by atoms with E-state index in [4.69, 9.17) is 23.3 Å². The molecule has 9 aromatic rings. The van der Waals surface area contributed by atoms with Gasteiger partial charge in [0, 0.05) is 75.3 Å². The van der Waals surface area contributed by atoms with Crippen molar-refractivity contribution < 1.29 is 47.5 Å². The molecule has 1 saturated heterocycles. The van der Waals surface area contributed by atoms with Gasteiger partial charge in [-0.1, -0.05) is 162 Å². The zero-order valence-corrected chi connectivity index (χ0v) is 44.7. The largest absolute Gasteiger partial charge is 0.507 e. The van der Waals surface area contributed by atoms with E-state index in [0.717, 1.165) is 72.1 Å². The number of phenolic OH excluding ortho intramolecular Hbond substituents is 1. The van der Waals surface area contributed by atoms with Gasteiger partial charge in [-0.3, -0.25) is 4.89 Å². The number of ether oxygens (including phenoxy) is 1. The van der Waals surface area contributed by atoms with Gasteiger partial charge in [-0.25, -0.2) is 9.59 Å². The first kappa shape index (κ1) is 53.2. The molecule has 1 aromatic heterocycles. The number of carbonyl (C=O) groups excluding carboxylic acids is 4. The van der Waals surface area contributed by atoms with Gasteiger partial charge in [0.15, 0.2) is 0 Å². The molecule has 3 aliphatic heterocycles. The summed E-state index contributed by atoms with van der Waals surface area (Å²) in [7, 11) is 9.85. The number of anilines is 4. The van der Waals surface area contributed by atoms with E-state index < -0.39 is 5.60 Å². The Kier molecular flexibility index (Phi) is 17.3. The molecule has 1 fully saturated rings. The normalized spacial score (nSPS) is 12.7. The fourth-order valence-corrected chi connectivity index (χ4v) is 9.55. The summed E-state index contributed by atoms with van der Waals surface area (Å²) in [6, 6.07) is 59.7. The van der Waals surface area contributed by atoms with Crippen molar-refractivity contribution in [3.8, 4) is 11.5 Å². The van der Waals surface area contributed by atoms with Crippen LogP contribution in [0.3, 0.4) is 0 Å². The number of para-hydroxylation sites is 8. The summed E-state index contributed by atoms with van der Waals surface area (Å²) in [6.45, 7) is 11.9. The zero-order valence-electron chi connectivity index (χ0n) is 47.7. The van der Waals surface area contributed by atoms with Gasteiger partial charge in [-0.2, -0.15) is 19.0 Å². The molecule has 0 aliphatic carbocycles. The highest BCUT2D eigenvalue weighted by molar-refractivity contribution is 6.13.